The predicted octanol–water partition coefficient (Wildman–Crippen LogP) is 1.73. The molecule has 0 saturated carbocycles. The van der Waals surface area contributed by atoms with Gasteiger partial charge in [-0.2, -0.15) is 4.98 Å². The normalized spacial score (nSPS) is 14.0. The molecule has 114 valence electrons. The summed E-state index contributed by atoms with van der Waals surface area (Å²) in [7, 11) is 1.57. The monoisotopic (exact) mass is 294 g/mol. The first-order valence-corrected chi connectivity index (χ1v) is 6.50. The van der Waals surface area contributed by atoms with Gasteiger partial charge in [-0.15, -0.1) is 0 Å². The molecule has 7 nitrogen and oxygen atoms in total. The molecule has 0 fully saturated rings. The molecule has 1 aromatic carbocycles. The van der Waals surface area contributed by atoms with Gasteiger partial charge < -0.3 is 24.7 Å². The predicted molar refractivity (Wildman–Crippen MR) is 76.6 cm³/mol. The van der Waals surface area contributed by atoms with E-state index in [0.717, 1.165) is 0 Å². The van der Waals surface area contributed by atoms with Crippen LogP contribution >= 0.6 is 0 Å². The highest BCUT2D eigenvalue weighted by atomic mass is 16.5. The molecule has 3 N–H and O–H groups in total. The van der Waals surface area contributed by atoms with Gasteiger partial charge in [-0.25, -0.2) is 4.79 Å². The highest BCUT2D eigenvalue weighted by Gasteiger charge is 2.21. The van der Waals surface area contributed by atoms with Crippen LogP contribution in [0.5, 0.6) is 0 Å². The molecule has 0 aliphatic carbocycles. The second-order valence-corrected chi connectivity index (χ2v) is 5.10. The van der Waals surface area contributed by atoms with Crippen LogP contribution < -0.4 is 5.32 Å². The number of carboxylic acid groups (broad SMARTS) is 1. The third-order valence-corrected chi connectivity index (χ3v) is 3.10. The van der Waals surface area contributed by atoms with Crippen molar-refractivity contribution in [2.45, 2.75) is 18.9 Å². The zero-order chi connectivity index (χ0) is 15.5. The molecule has 7 heteroatoms. The number of nitrogens with one attached hydrogen (secondary N) is 1. The standard InChI is InChI=1S/C14H18N2O5/c1-14(19,5-6-20-2)8-15-13-16-10-4-3-9(12(17)18)7-11(10)21-13/h3-4,7,19H,5-6,8H2,1-2H3,(H,15,16)(H,17,18). The fraction of sp³-hybridized carbons (Fsp3) is 0.429. The SMILES string of the molecule is COCCC(C)(O)CNc1nc2ccc(C(=O)O)cc2o1. The number of aromatic carboxylic acids is 1. The number of hydrogen-bond acceptors (Lipinski definition) is 6. The maximum absolute atomic E-state index is 10.9. The van der Waals surface area contributed by atoms with Gasteiger partial charge in [0.25, 0.3) is 6.01 Å². The van der Waals surface area contributed by atoms with E-state index < -0.39 is 11.6 Å². The molecule has 0 aliphatic rings. The molecule has 1 atom stereocenters. The quantitative estimate of drug-likeness (QED) is 0.714. The highest BCUT2D eigenvalue weighted by molar-refractivity contribution is 5.92. The molecule has 2 aromatic rings. The Morgan fingerprint density at radius 3 is 2.95 bits per heavy atom. The lowest BCUT2D eigenvalue weighted by molar-refractivity contribution is 0.0353. The minimum atomic E-state index is -1.02. The maximum Gasteiger partial charge on any atom is 0.335 e. The molecule has 1 unspecified atom stereocenters. The summed E-state index contributed by atoms with van der Waals surface area (Å²) < 4.78 is 10.4. The van der Waals surface area contributed by atoms with Crippen LogP contribution in [0, 0.1) is 0 Å². The van der Waals surface area contributed by atoms with E-state index in [-0.39, 0.29) is 18.1 Å². The van der Waals surface area contributed by atoms with Gasteiger partial charge >= 0.3 is 5.97 Å². The van der Waals surface area contributed by atoms with Crippen LogP contribution in [0.3, 0.4) is 0 Å². The van der Waals surface area contributed by atoms with E-state index in [4.69, 9.17) is 14.3 Å². The number of benzene rings is 1. The summed E-state index contributed by atoms with van der Waals surface area (Å²) in [6.45, 7) is 2.38. The first kappa shape index (κ1) is 15.3. The Labute approximate surface area is 121 Å². The molecule has 1 aromatic heterocycles. The minimum Gasteiger partial charge on any atom is -0.478 e. The van der Waals surface area contributed by atoms with Gasteiger partial charge in [0, 0.05) is 26.7 Å². The molecular formula is C14H18N2O5. The summed E-state index contributed by atoms with van der Waals surface area (Å²) >= 11 is 0. The van der Waals surface area contributed by atoms with E-state index >= 15 is 0 Å². The van der Waals surface area contributed by atoms with Crippen molar-refractivity contribution < 1.29 is 24.2 Å². The molecule has 0 radical (unpaired) electrons. The summed E-state index contributed by atoms with van der Waals surface area (Å²) in [6, 6.07) is 4.70. The van der Waals surface area contributed by atoms with Crippen LogP contribution in [0.15, 0.2) is 22.6 Å². The summed E-state index contributed by atoms with van der Waals surface area (Å²) in [5.74, 6) is -1.02. The highest BCUT2D eigenvalue weighted by Crippen LogP contribution is 2.21. The number of carboxylic acids is 1. The number of hydrogen-bond donors (Lipinski definition) is 3. The van der Waals surface area contributed by atoms with E-state index in [1.165, 1.54) is 12.1 Å². The van der Waals surface area contributed by atoms with Crippen LogP contribution in [0.25, 0.3) is 11.1 Å². The number of rotatable bonds is 7. The maximum atomic E-state index is 10.9. The summed E-state index contributed by atoms with van der Waals surface area (Å²) in [4.78, 5) is 15.1. The van der Waals surface area contributed by atoms with Crippen molar-refractivity contribution in [1.29, 1.82) is 0 Å². The second kappa shape index (κ2) is 6.11. The smallest absolute Gasteiger partial charge is 0.335 e. The second-order valence-electron chi connectivity index (χ2n) is 5.10. The number of aliphatic hydroxyl groups is 1. The Morgan fingerprint density at radius 2 is 2.29 bits per heavy atom. The fourth-order valence-corrected chi connectivity index (χ4v) is 1.81. The lowest BCUT2D eigenvalue weighted by Crippen LogP contribution is -2.34. The third kappa shape index (κ3) is 3.93. The van der Waals surface area contributed by atoms with Crippen molar-refractivity contribution in [3.63, 3.8) is 0 Å². The number of carbonyl (C=O) groups is 1. The number of nitrogens with zero attached hydrogens (tertiary/aromatic N) is 1. The van der Waals surface area contributed by atoms with Gasteiger partial charge in [-0.3, -0.25) is 0 Å². The molecule has 21 heavy (non-hydrogen) atoms. The lowest BCUT2D eigenvalue weighted by Gasteiger charge is -2.22. The molecule has 0 aliphatic heterocycles. The number of ether oxygens (including phenoxy) is 1. The van der Waals surface area contributed by atoms with Gasteiger partial charge in [0.15, 0.2) is 5.58 Å². The van der Waals surface area contributed by atoms with E-state index in [1.54, 1.807) is 20.1 Å². The van der Waals surface area contributed by atoms with E-state index in [9.17, 15) is 9.90 Å². The summed E-state index contributed by atoms with van der Waals surface area (Å²) in [5.41, 5.74) is 0.119. The zero-order valence-electron chi connectivity index (χ0n) is 11.9. The van der Waals surface area contributed by atoms with E-state index in [0.29, 0.717) is 24.1 Å². The molecule has 1 heterocycles. The molecule has 0 bridgehead atoms. The third-order valence-electron chi connectivity index (χ3n) is 3.10. The van der Waals surface area contributed by atoms with Gasteiger partial charge in [-0.05, 0) is 25.1 Å². The van der Waals surface area contributed by atoms with Crippen LogP contribution in [0.1, 0.15) is 23.7 Å². The number of oxazole rings is 1. The Balaban J connectivity index is 2.07. The van der Waals surface area contributed by atoms with E-state index in [1.807, 2.05) is 0 Å². The first-order valence-electron chi connectivity index (χ1n) is 6.50. The van der Waals surface area contributed by atoms with Crippen molar-refractivity contribution in [2.24, 2.45) is 0 Å². The largest absolute Gasteiger partial charge is 0.478 e. The van der Waals surface area contributed by atoms with Crippen LogP contribution in [-0.2, 0) is 4.74 Å². The molecule has 0 saturated heterocycles. The topological polar surface area (TPSA) is 105 Å². The minimum absolute atomic E-state index is 0.136. The number of methoxy groups -OCH3 is 1. The first-order chi connectivity index (χ1) is 9.91. The van der Waals surface area contributed by atoms with Gasteiger partial charge in [0.05, 0.1) is 11.2 Å². The van der Waals surface area contributed by atoms with Crippen LogP contribution in [0.4, 0.5) is 6.01 Å². The fourth-order valence-electron chi connectivity index (χ4n) is 1.81. The van der Waals surface area contributed by atoms with Crippen molar-refractivity contribution in [1.82, 2.24) is 4.98 Å². The number of aromatic nitrogens is 1. The van der Waals surface area contributed by atoms with Crippen LogP contribution in [0.2, 0.25) is 0 Å². The van der Waals surface area contributed by atoms with Crippen molar-refractivity contribution in [2.75, 3.05) is 25.6 Å². The van der Waals surface area contributed by atoms with Crippen molar-refractivity contribution >= 4 is 23.1 Å². The molecule has 2 rings (SSSR count). The number of fused-ring (bicyclic) bond motifs is 1. The van der Waals surface area contributed by atoms with Crippen molar-refractivity contribution in [3.05, 3.63) is 23.8 Å². The van der Waals surface area contributed by atoms with Crippen LogP contribution in [-0.4, -0.2) is 47.0 Å². The van der Waals surface area contributed by atoms with E-state index in [2.05, 4.69) is 10.3 Å². The Hall–Kier alpha value is -2.12. The average molecular weight is 294 g/mol. The van der Waals surface area contributed by atoms with Gasteiger partial charge in [-0.1, -0.05) is 0 Å². The molecule has 0 spiro atoms. The molecule has 0 amide bonds. The molecular weight excluding hydrogens is 276 g/mol. The zero-order valence-corrected chi connectivity index (χ0v) is 11.9. The summed E-state index contributed by atoms with van der Waals surface area (Å²) in [5, 5.41) is 21.9. The lowest BCUT2D eigenvalue weighted by atomic mass is 10.0. The summed E-state index contributed by atoms with van der Waals surface area (Å²) in [6.07, 6.45) is 0.472. The number of anilines is 1. The van der Waals surface area contributed by atoms with Gasteiger partial charge in [0.1, 0.15) is 5.52 Å². The average Bonchev–Trinajstić information content (AvgIpc) is 2.85. The Morgan fingerprint density at radius 1 is 1.52 bits per heavy atom. The Kier molecular flexibility index (Phi) is 4.44. The Bertz CT molecular complexity index is 635. The van der Waals surface area contributed by atoms with Crippen molar-refractivity contribution in [3.8, 4) is 0 Å². The van der Waals surface area contributed by atoms with Gasteiger partial charge in [0.2, 0.25) is 0 Å².